The van der Waals surface area contributed by atoms with Crippen LogP contribution >= 0.6 is 0 Å². The number of benzene rings is 1. The molecule has 0 radical (unpaired) electrons. The third-order valence-electron chi connectivity index (χ3n) is 6.27. The number of carbonyl (C=O) groups is 1. The maximum absolute atomic E-state index is 15.2. The summed E-state index contributed by atoms with van der Waals surface area (Å²) in [5.74, 6) is -5.54. The molecule has 5 rings (SSSR count). The lowest BCUT2D eigenvalue weighted by atomic mass is 10.0. The Labute approximate surface area is 215 Å². The van der Waals surface area contributed by atoms with Crippen molar-refractivity contribution in [3.63, 3.8) is 0 Å². The van der Waals surface area contributed by atoms with Crippen LogP contribution in [-0.2, 0) is 11.3 Å². The molecule has 1 aliphatic rings. The first-order valence-corrected chi connectivity index (χ1v) is 11.5. The summed E-state index contributed by atoms with van der Waals surface area (Å²) in [5, 5.41) is 22.8. The molecule has 1 aromatic carbocycles. The van der Waals surface area contributed by atoms with Gasteiger partial charge < -0.3 is 20.1 Å². The first-order chi connectivity index (χ1) is 18.4. The van der Waals surface area contributed by atoms with Crippen LogP contribution in [0.3, 0.4) is 0 Å². The molecule has 17 heteroatoms. The van der Waals surface area contributed by atoms with E-state index < -0.39 is 49.6 Å². The Kier molecular flexibility index (Phi) is 6.48. The lowest BCUT2D eigenvalue weighted by Gasteiger charge is -2.38. The van der Waals surface area contributed by atoms with Gasteiger partial charge in [-0.1, -0.05) is 11.3 Å². The summed E-state index contributed by atoms with van der Waals surface area (Å²) in [7, 11) is 1.22. The highest BCUT2D eigenvalue weighted by atomic mass is 19.4. The SMILES string of the molecule is COc1nc(N[C@@H]2CCN(C(=O)CO)CC2(F)F)nn2cc(F)c(-c3ccc4nnn(CC(F)(F)F)c4c3)c12. The molecule has 0 spiro atoms. The minimum Gasteiger partial charge on any atom is -0.479 e. The summed E-state index contributed by atoms with van der Waals surface area (Å²) in [5.41, 5.74) is 0.235. The summed E-state index contributed by atoms with van der Waals surface area (Å²) in [6.45, 7) is -3.25. The second kappa shape index (κ2) is 9.55. The molecule has 1 amide bonds. The van der Waals surface area contributed by atoms with Crippen LogP contribution in [0, 0.1) is 5.82 Å². The Morgan fingerprint density at radius 1 is 1.31 bits per heavy atom. The van der Waals surface area contributed by atoms with E-state index in [1.807, 2.05) is 0 Å². The molecule has 1 aliphatic heterocycles. The van der Waals surface area contributed by atoms with E-state index in [2.05, 4.69) is 25.7 Å². The van der Waals surface area contributed by atoms with Gasteiger partial charge in [-0.2, -0.15) is 18.2 Å². The van der Waals surface area contributed by atoms with Gasteiger partial charge in [0, 0.05) is 6.54 Å². The molecule has 4 heterocycles. The van der Waals surface area contributed by atoms with E-state index >= 15 is 4.39 Å². The average Bonchev–Trinajstić information content (AvgIpc) is 3.42. The summed E-state index contributed by atoms with van der Waals surface area (Å²) in [6.07, 6.45) is -3.80. The summed E-state index contributed by atoms with van der Waals surface area (Å²) < 4.78 is 90.5. The van der Waals surface area contributed by atoms with E-state index in [1.165, 1.54) is 25.3 Å². The predicted molar refractivity (Wildman–Crippen MR) is 123 cm³/mol. The number of nitrogens with one attached hydrogen (secondary N) is 1. The Hall–Kier alpha value is -4.15. The van der Waals surface area contributed by atoms with E-state index in [4.69, 9.17) is 9.84 Å². The molecule has 0 saturated carbocycles. The lowest BCUT2D eigenvalue weighted by molar-refractivity contribution is -0.145. The lowest BCUT2D eigenvalue weighted by Crippen LogP contribution is -2.56. The van der Waals surface area contributed by atoms with Crippen LogP contribution in [0.4, 0.5) is 32.3 Å². The largest absolute Gasteiger partial charge is 0.479 e. The van der Waals surface area contributed by atoms with Gasteiger partial charge in [0.15, 0.2) is 5.82 Å². The smallest absolute Gasteiger partial charge is 0.408 e. The molecule has 208 valence electrons. The summed E-state index contributed by atoms with van der Waals surface area (Å²) >= 11 is 0. The second-order valence-electron chi connectivity index (χ2n) is 8.88. The van der Waals surface area contributed by atoms with E-state index in [1.54, 1.807) is 0 Å². The fourth-order valence-electron chi connectivity index (χ4n) is 4.49. The highest BCUT2D eigenvalue weighted by Crippen LogP contribution is 2.36. The van der Waals surface area contributed by atoms with Crippen molar-refractivity contribution in [2.45, 2.75) is 31.1 Å². The van der Waals surface area contributed by atoms with Crippen molar-refractivity contribution in [2.24, 2.45) is 0 Å². The number of hydrogen-bond donors (Lipinski definition) is 2. The molecular formula is C22H20F6N8O3. The molecule has 1 saturated heterocycles. The molecule has 0 unspecified atom stereocenters. The molecule has 4 aromatic rings. The molecule has 1 fully saturated rings. The minimum absolute atomic E-state index is 0.00451. The molecular weight excluding hydrogens is 538 g/mol. The van der Waals surface area contributed by atoms with Crippen molar-refractivity contribution < 1.29 is 41.0 Å². The van der Waals surface area contributed by atoms with Crippen molar-refractivity contribution >= 4 is 28.4 Å². The van der Waals surface area contributed by atoms with Crippen LogP contribution in [0.5, 0.6) is 5.88 Å². The number of ether oxygens (including phenoxy) is 1. The molecule has 39 heavy (non-hydrogen) atoms. The Bertz CT molecular complexity index is 1550. The third kappa shape index (κ3) is 5.00. The molecule has 11 nitrogen and oxygen atoms in total. The average molecular weight is 558 g/mol. The zero-order valence-electron chi connectivity index (χ0n) is 20.1. The van der Waals surface area contributed by atoms with Crippen molar-refractivity contribution in [3.05, 3.63) is 30.2 Å². The van der Waals surface area contributed by atoms with Crippen molar-refractivity contribution in [2.75, 3.05) is 32.1 Å². The Morgan fingerprint density at radius 2 is 2.08 bits per heavy atom. The van der Waals surface area contributed by atoms with E-state index in [0.717, 1.165) is 15.6 Å². The van der Waals surface area contributed by atoms with Gasteiger partial charge in [-0.15, -0.1) is 10.2 Å². The van der Waals surface area contributed by atoms with Gasteiger partial charge in [-0.3, -0.25) is 4.79 Å². The van der Waals surface area contributed by atoms with Crippen LogP contribution in [0.15, 0.2) is 24.4 Å². The van der Waals surface area contributed by atoms with Gasteiger partial charge in [0.2, 0.25) is 17.7 Å². The van der Waals surface area contributed by atoms with Crippen molar-refractivity contribution in [1.82, 2.24) is 34.5 Å². The van der Waals surface area contributed by atoms with Gasteiger partial charge in [0.05, 0.1) is 37.0 Å². The van der Waals surface area contributed by atoms with Gasteiger partial charge in [0.25, 0.3) is 5.92 Å². The number of alkyl halides is 5. The van der Waals surface area contributed by atoms with Gasteiger partial charge >= 0.3 is 6.18 Å². The minimum atomic E-state index is -4.56. The maximum atomic E-state index is 15.2. The number of anilines is 1. The van der Waals surface area contributed by atoms with Crippen LogP contribution in [0.2, 0.25) is 0 Å². The predicted octanol–water partition coefficient (Wildman–Crippen LogP) is 2.49. The first kappa shape index (κ1) is 26.5. The topological polar surface area (TPSA) is 123 Å². The number of nitrogens with zero attached hydrogens (tertiary/aromatic N) is 7. The number of likely N-dealkylation sites (tertiary alicyclic amines) is 1. The molecule has 2 N–H and O–H groups in total. The number of rotatable bonds is 6. The monoisotopic (exact) mass is 558 g/mol. The van der Waals surface area contributed by atoms with Gasteiger partial charge in [-0.05, 0) is 24.1 Å². The van der Waals surface area contributed by atoms with Crippen LogP contribution in [0.25, 0.3) is 27.7 Å². The number of aliphatic hydroxyl groups is 1. The summed E-state index contributed by atoms with van der Waals surface area (Å²) in [6, 6.07) is 2.62. The van der Waals surface area contributed by atoms with Crippen LogP contribution < -0.4 is 10.1 Å². The number of halogens is 6. The normalized spacial score (nSPS) is 17.6. The number of amides is 1. The molecule has 0 aliphatic carbocycles. The molecule has 0 bridgehead atoms. The highest BCUT2D eigenvalue weighted by Gasteiger charge is 2.46. The van der Waals surface area contributed by atoms with Crippen LogP contribution in [-0.4, -0.2) is 90.5 Å². The highest BCUT2D eigenvalue weighted by molar-refractivity contribution is 5.89. The number of methoxy groups -OCH3 is 1. The zero-order chi connectivity index (χ0) is 28.1. The second-order valence-corrected chi connectivity index (χ2v) is 8.88. The first-order valence-electron chi connectivity index (χ1n) is 11.5. The Morgan fingerprint density at radius 3 is 2.74 bits per heavy atom. The maximum Gasteiger partial charge on any atom is 0.408 e. The summed E-state index contributed by atoms with van der Waals surface area (Å²) in [4.78, 5) is 16.6. The fourth-order valence-corrected chi connectivity index (χ4v) is 4.49. The quantitative estimate of drug-likeness (QED) is 0.346. The number of piperidine rings is 1. The fraction of sp³-hybridized carbons (Fsp3) is 0.409. The number of aliphatic hydroxyl groups excluding tert-OH is 1. The molecule has 1 atom stereocenters. The number of hydrogen-bond acceptors (Lipinski definition) is 8. The van der Waals surface area contributed by atoms with Gasteiger partial charge in [0.1, 0.15) is 24.2 Å². The van der Waals surface area contributed by atoms with Crippen molar-refractivity contribution in [3.8, 4) is 17.0 Å². The zero-order valence-corrected chi connectivity index (χ0v) is 20.1. The van der Waals surface area contributed by atoms with E-state index in [0.29, 0.717) is 4.68 Å². The van der Waals surface area contributed by atoms with E-state index in [9.17, 15) is 26.7 Å². The number of aromatic nitrogens is 6. The van der Waals surface area contributed by atoms with E-state index in [-0.39, 0.29) is 52.5 Å². The standard InChI is InChI=1S/C22H20F6N8O3/c1-39-19-18-17(11-2-3-13-14(6-11)36(33-31-13)10-22(26,27)28)12(23)7-35(18)32-20(30-19)29-15-4-5-34(16(38)8-37)9-21(15,24)25/h2-3,6-7,15,37H,4-5,8-10H2,1H3,(H,29,32)/t15-/m1/s1. The van der Waals surface area contributed by atoms with Crippen molar-refractivity contribution in [1.29, 1.82) is 0 Å². The van der Waals surface area contributed by atoms with Gasteiger partial charge in [-0.25, -0.2) is 22.4 Å². The number of fused-ring (bicyclic) bond motifs is 2. The van der Waals surface area contributed by atoms with Crippen LogP contribution in [0.1, 0.15) is 6.42 Å². The Balaban J connectivity index is 1.50. The number of carbonyl (C=O) groups excluding carboxylic acids is 1. The third-order valence-corrected chi connectivity index (χ3v) is 6.27. The molecule has 3 aromatic heterocycles.